The standard InChI is InChI=1S/C15H22N2O/c1-11-3-2-8-17-12-4-5-15(6-9-18-10-7-15)13(12)16-14(11)17/h11H,2-10H2,1H3. The minimum absolute atomic E-state index is 0.373. The van der Waals surface area contributed by atoms with E-state index >= 15 is 0 Å². The summed E-state index contributed by atoms with van der Waals surface area (Å²) < 4.78 is 8.11. The van der Waals surface area contributed by atoms with Gasteiger partial charge in [0.2, 0.25) is 0 Å². The van der Waals surface area contributed by atoms with Crippen LogP contribution in [0, 0.1) is 0 Å². The highest BCUT2D eigenvalue weighted by Gasteiger charge is 2.44. The molecule has 98 valence electrons. The average Bonchev–Trinajstić information content (AvgIpc) is 2.92. The van der Waals surface area contributed by atoms with Gasteiger partial charge >= 0.3 is 0 Å². The van der Waals surface area contributed by atoms with Crippen LogP contribution in [0.1, 0.15) is 62.2 Å². The fraction of sp³-hybridized carbons (Fsp3) is 0.800. The number of nitrogens with zero attached hydrogens (tertiary/aromatic N) is 2. The molecule has 4 rings (SSSR count). The summed E-state index contributed by atoms with van der Waals surface area (Å²) in [6.45, 7) is 5.40. The van der Waals surface area contributed by atoms with E-state index in [9.17, 15) is 0 Å². The Morgan fingerprint density at radius 3 is 2.94 bits per heavy atom. The van der Waals surface area contributed by atoms with Gasteiger partial charge in [-0.3, -0.25) is 0 Å². The number of hydrogen-bond acceptors (Lipinski definition) is 2. The van der Waals surface area contributed by atoms with Crippen molar-refractivity contribution in [2.75, 3.05) is 13.2 Å². The van der Waals surface area contributed by atoms with Crippen LogP contribution in [0.4, 0.5) is 0 Å². The van der Waals surface area contributed by atoms with Crippen LogP contribution in [0.5, 0.6) is 0 Å². The van der Waals surface area contributed by atoms with Gasteiger partial charge in [-0.2, -0.15) is 0 Å². The Bertz CT molecular complexity index is 471. The van der Waals surface area contributed by atoms with Crippen LogP contribution < -0.4 is 0 Å². The van der Waals surface area contributed by atoms with Gasteiger partial charge in [-0.25, -0.2) is 4.98 Å². The van der Waals surface area contributed by atoms with Crippen molar-refractivity contribution in [2.24, 2.45) is 0 Å². The molecule has 3 heteroatoms. The molecular formula is C15H22N2O. The van der Waals surface area contributed by atoms with Crippen molar-refractivity contribution in [3.63, 3.8) is 0 Å². The average molecular weight is 246 g/mol. The second-order valence-electron chi connectivity index (χ2n) is 6.35. The van der Waals surface area contributed by atoms with Crippen LogP contribution in [0.15, 0.2) is 0 Å². The number of rotatable bonds is 0. The van der Waals surface area contributed by atoms with E-state index in [0.717, 1.165) is 13.2 Å². The van der Waals surface area contributed by atoms with Gasteiger partial charge in [0.25, 0.3) is 0 Å². The van der Waals surface area contributed by atoms with E-state index in [4.69, 9.17) is 9.72 Å². The van der Waals surface area contributed by atoms with Gasteiger partial charge in [0, 0.05) is 36.8 Å². The first-order valence-electron chi connectivity index (χ1n) is 7.48. The largest absolute Gasteiger partial charge is 0.381 e. The van der Waals surface area contributed by atoms with Crippen LogP contribution in [-0.2, 0) is 23.1 Å². The first-order valence-corrected chi connectivity index (χ1v) is 7.48. The summed E-state index contributed by atoms with van der Waals surface area (Å²) in [5.74, 6) is 2.03. The SMILES string of the molecule is CC1CCCn2c1nc1c2CCC12CCOCC2. The summed E-state index contributed by atoms with van der Waals surface area (Å²) in [6.07, 6.45) is 7.56. The molecule has 1 unspecified atom stereocenters. The lowest BCUT2D eigenvalue weighted by atomic mass is 9.78. The van der Waals surface area contributed by atoms with Crippen molar-refractivity contribution in [2.45, 2.75) is 63.3 Å². The summed E-state index contributed by atoms with van der Waals surface area (Å²) >= 11 is 0. The molecule has 3 heterocycles. The van der Waals surface area contributed by atoms with Gasteiger partial charge < -0.3 is 9.30 Å². The monoisotopic (exact) mass is 246 g/mol. The molecule has 1 atom stereocenters. The Morgan fingerprint density at radius 1 is 1.28 bits per heavy atom. The second-order valence-corrected chi connectivity index (χ2v) is 6.35. The molecule has 0 aromatic carbocycles. The molecular weight excluding hydrogens is 224 g/mol. The Hall–Kier alpha value is -0.830. The van der Waals surface area contributed by atoms with Gasteiger partial charge in [0.1, 0.15) is 5.82 Å². The maximum atomic E-state index is 5.56. The van der Waals surface area contributed by atoms with E-state index in [1.165, 1.54) is 56.6 Å². The normalized spacial score (nSPS) is 29.3. The molecule has 1 saturated heterocycles. The van der Waals surface area contributed by atoms with E-state index in [2.05, 4.69) is 11.5 Å². The van der Waals surface area contributed by atoms with Crippen molar-refractivity contribution in [1.29, 1.82) is 0 Å². The molecule has 0 bridgehead atoms. The highest BCUT2D eigenvalue weighted by atomic mass is 16.5. The molecule has 2 aliphatic heterocycles. The molecule has 3 aliphatic rings. The predicted octanol–water partition coefficient (Wildman–Crippen LogP) is 2.77. The molecule has 1 fully saturated rings. The summed E-state index contributed by atoms with van der Waals surface area (Å²) in [6, 6.07) is 0. The first-order chi connectivity index (χ1) is 8.80. The maximum Gasteiger partial charge on any atom is 0.112 e. The highest BCUT2D eigenvalue weighted by Crippen LogP contribution is 2.47. The lowest BCUT2D eigenvalue weighted by Gasteiger charge is -2.32. The Morgan fingerprint density at radius 2 is 2.11 bits per heavy atom. The molecule has 0 amide bonds. The molecule has 0 radical (unpaired) electrons. The smallest absolute Gasteiger partial charge is 0.112 e. The van der Waals surface area contributed by atoms with Crippen LogP contribution in [-0.4, -0.2) is 22.8 Å². The highest BCUT2D eigenvalue weighted by molar-refractivity contribution is 5.34. The van der Waals surface area contributed by atoms with Gasteiger partial charge in [0.05, 0.1) is 5.69 Å². The van der Waals surface area contributed by atoms with E-state index in [-0.39, 0.29) is 0 Å². The van der Waals surface area contributed by atoms with Gasteiger partial charge in [-0.15, -0.1) is 0 Å². The fourth-order valence-corrected chi connectivity index (χ4v) is 4.22. The minimum atomic E-state index is 0.373. The number of hydrogen-bond donors (Lipinski definition) is 0. The van der Waals surface area contributed by atoms with Gasteiger partial charge in [-0.1, -0.05) is 6.92 Å². The van der Waals surface area contributed by atoms with E-state index in [1.54, 1.807) is 5.69 Å². The topological polar surface area (TPSA) is 27.1 Å². The van der Waals surface area contributed by atoms with Crippen LogP contribution in [0.3, 0.4) is 0 Å². The Labute approximate surface area is 109 Å². The minimum Gasteiger partial charge on any atom is -0.381 e. The lowest BCUT2D eigenvalue weighted by molar-refractivity contribution is 0.0492. The van der Waals surface area contributed by atoms with Gasteiger partial charge in [0.15, 0.2) is 0 Å². The molecule has 3 nitrogen and oxygen atoms in total. The summed E-state index contributed by atoms with van der Waals surface area (Å²) in [5, 5.41) is 0. The second kappa shape index (κ2) is 3.83. The first kappa shape index (κ1) is 11.0. The van der Waals surface area contributed by atoms with Crippen molar-refractivity contribution in [1.82, 2.24) is 9.55 Å². The molecule has 1 aromatic heterocycles. The lowest BCUT2D eigenvalue weighted by Crippen LogP contribution is -2.32. The Kier molecular flexibility index (Phi) is 2.35. The van der Waals surface area contributed by atoms with E-state index in [0.29, 0.717) is 11.3 Å². The maximum absolute atomic E-state index is 5.56. The summed E-state index contributed by atoms with van der Waals surface area (Å²) in [4.78, 5) is 5.10. The van der Waals surface area contributed by atoms with E-state index in [1.807, 2.05) is 0 Å². The third-order valence-corrected chi connectivity index (χ3v) is 5.35. The number of aromatic nitrogens is 2. The van der Waals surface area contributed by atoms with Gasteiger partial charge in [-0.05, 0) is 38.5 Å². The van der Waals surface area contributed by atoms with E-state index < -0.39 is 0 Å². The predicted molar refractivity (Wildman–Crippen MR) is 69.9 cm³/mol. The van der Waals surface area contributed by atoms with Crippen molar-refractivity contribution in [3.8, 4) is 0 Å². The van der Waals surface area contributed by atoms with Crippen molar-refractivity contribution < 1.29 is 4.74 Å². The molecule has 1 aromatic rings. The Balaban J connectivity index is 1.80. The molecule has 0 N–H and O–H groups in total. The number of fused-ring (bicyclic) bond motifs is 4. The van der Waals surface area contributed by atoms with Crippen LogP contribution in [0.25, 0.3) is 0 Å². The molecule has 0 saturated carbocycles. The zero-order valence-corrected chi connectivity index (χ0v) is 11.2. The third-order valence-electron chi connectivity index (χ3n) is 5.35. The molecule has 18 heavy (non-hydrogen) atoms. The third kappa shape index (κ3) is 1.37. The summed E-state index contributed by atoms with van der Waals surface area (Å²) in [5.41, 5.74) is 3.39. The molecule has 1 spiro atoms. The van der Waals surface area contributed by atoms with Crippen molar-refractivity contribution in [3.05, 3.63) is 17.2 Å². The zero-order chi connectivity index (χ0) is 12.2. The quantitative estimate of drug-likeness (QED) is 0.704. The van der Waals surface area contributed by atoms with Crippen LogP contribution in [0.2, 0.25) is 0 Å². The molecule has 1 aliphatic carbocycles. The summed E-state index contributed by atoms with van der Waals surface area (Å²) in [7, 11) is 0. The van der Waals surface area contributed by atoms with Crippen LogP contribution >= 0.6 is 0 Å². The number of ether oxygens (including phenoxy) is 1. The number of imidazole rings is 1. The fourth-order valence-electron chi connectivity index (χ4n) is 4.22. The zero-order valence-electron chi connectivity index (χ0n) is 11.2. The van der Waals surface area contributed by atoms with Crippen molar-refractivity contribution >= 4 is 0 Å².